The van der Waals surface area contributed by atoms with Crippen LogP contribution in [0.2, 0.25) is 0 Å². The molecular weight excluding hydrogens is 414 g/mol. The van der Waals surface area contributed by atoms with Crippen molar-refractivity contribution in [2.45, 2.75) is 0 Å². The maximum absolute atomic E-state index is 12.8. The van der Waals surface area contributed by atoms with Gasteiger partial charge in [-0.2, -0.15) is 0 Å². The molecule has 0 aliphatic heterocycles. The molecule has 0 atom stereocenters. The number of anilines is 1. The van der Waals surface area contributed by atoms with Crippen molar-refractivity contribution in [1.82, 2.24) is 0 Å². The average Bonchev–Trinajstić information content (AvgIpc) is 2.79. The van der Waals surface area contributed by atoms with Crippen LogP contribution in [0.4, 0.5) is 5.69 Å². The molecule has 0 bridgehead atoms. The number of rotatable bonds is 5. The van der Waals surface area contributed by atoms with Gasteiger partial charge in [0.2, 0.25) is 5.76 Å². The van der Waals surface area contributed by atoms with E-state index >= 15 is 0 Å². The standard InChI is InChI=1S/C24H17NO7/c1-31-15-8-6-13(7-9-15)23(28)25-18-11-14(16-4-2-3-5-19(16)26)10-17-20(27)12-21(24(29)30)32-22(17)18/h2-12,26H,1H3,(H,25,28)(H,29,30). The van der Waals surface area contributed by atoms with Gasteiger partial charge in [0.05, 0.1) is 18.2 Å². The Morgan fingerprint density at radius 3 is 2.38 bits per heavy atom. The monoisotopic (exact) mass is 431 g/mol. The zero-order valence-electron chi connectivity index (χ0n) is 16.8. The molecule has 8 nitrogen and oxygen atoms in total. The molecule has 4 aromatic rings. The van der Waals surface area contributed by atoms with Crippen molar-refractivity contribution in [2.24, 2.45) is 0 Å². The Morgan fingerprint density at radius 2 is 1.72 bits per heavy atom. The van der Waals surface area contributed by atoms with E-state index in [1.165, 1.54) is 25.3 Å². The number of phenols is 1. The van der Waals surface area contributed by atoms with E-state index in [1.807, 2.05) is 0 Å². The number of ether oxygens (including phenoxy) is 1. The van der Waals surface area contributed by atoms with Gasteiger partial charge in [-0.05, 0) is 48.0 Å². The van der Waals surface area contributed by atoms with Crippen molar-refractivity contribution in [1.29, 1.82) is 0 Å². The zero-order valence-corrected chi connectivity index (χ0v) is 16.8. The Morgan fingerprint density at radius 1 is 1.00 bits per heavy atom. The van der Waals surface area contributed by atoms with Gasteiger partial charge in [0, 0.05) is 17.2 Å². The highest BCUT2D eigenvalue weighted by molar-refractivity contribution is 6.09. The number of hydrogen-bond acceptors (Lipinski definition) is 6. The summed E-state index contributed by atoms with van der Waals surface area (Å²) in [5, 5.41) is 22.2. The average molecular weight is 431 g/mol. The number of carboxylic acids is 1. The van der Waals surface area contributed by atoms with E-state index < -0.39 is 23.1 Å². The summed E-state index contributed by atoms with van der Waals surface area (Å²) >= 11 is 0. The lowest BCUT2D eigenvalue weighted by Crippen LogP contribution is -2.14. The summed E-state index contributed by atoms with van der Waals surface area (Å²) in [6.45, 7) is 0. The Bertz CT molecular complexity index is 1400. The number of fused-ring (bicyclic) bond motifs is 1. The molecule has 0 saturated heterocycles. The number of hydrogen-bond donors (Lipinski definition) is 3. The van der Waals surface area contributed by atoms with E-state index in [-0.39, 0.29) is 22.4 Å². The number of aromatic carboxylic acids is 1. The SMILES string of the molecule is COc1ccc(C(=O)Nc2cc(-c3ccccc3O)cc3c(=O)cc(C(=O)O)oc23)cc1. The van der Waals surface area contributed by atoms with Crippen LogP contribution in [-0.4, -0.2) is 29.2 Å². The second kappa shape index (κ2) is 8.27. The number of para-hydroxylation sites is 1. The molecule has 0 spiro atoms. The molecule has 1 aromatic heterocycles. The van der Waals surface area contributed by atoms with E-state index in [1.54, 1.807) is 42.5 Å². The molecule has 0 unspecified atom stereocenters. The first-order chi connectivity index (χ1) is 15.4. The van der Waals surface area contributed by atoms with Gasteiger partial charge < -0.3 is 24.7 Å². The van der Waals surface area contributed by atoms with Crippen LogP contribution in [0, 0.1) is 0 Å². The Balaban J connectivity index is 1.89. The second-order valence-electron chi connectivity index (χ2n) is 6.88. The molecule has 0 fully saturated rings. The second-order valence-corrected chi connectivity index (χ2v) is 6.88. The van der Waals surface area contributed by atoms with E-state index in [0.29, 0.717) is 22.4 Å². The lowest BCUT2D eigenvalue weighted by Gasteiger charge is -2.12. The van der Waals surface area contributed by atoms with Crippen LogP contribution in [0.25, 0.3) is 22.1 Å². The molecule has 32 heavy (non-hydrogen) atoms. The molecule has 1 heterocycles. The van der Waals surface area contributed by atoms with Crippen LogP contribution in [-0.2, 0) is 0 Å². The molecule has 0 radical (unpaired) electrons. The molecule has 3 N–H and O–H groups in total. The molecule has 4 rings (SSSR count). The first-order valence-corrected chi connectivity index (χ1v) is 9.46. The zero-order chi connectivity index (χ0) is 22.8. The highest BCUT2D eigenvalue weighted by Gasteiger charge is 2.18. The summed E-state index contributed by atoms with van der Waals surface area (Å²) in [7, 11) is 1.51. The summed E-state index contributed by atoms with van der Waals surface area (Å²) in [4.78, 5) is 36.9. The number of methoxy groups -OCH3 is 1. The third-order valence-corrected chi connectivity index (χ3v) is 4.85. The van der Waals surface area contributed by atoms with Crippen LogP contribution in [0.3, 0.4) is 0 Å². The summed E-state index contributed by atoms with van der Waals surface area (Å²) in [6, 6.07) is 16.7. The van der Waals surface area contributed by atoms with Gasteiger partial charge in [-0.25, -0.2) is 4.79 Å². The number of benzene rings is 3. The minimum absolute atomic E-state index is 0.0224. The predicted molar refractivity (Wildman–Crippen MR) is 117 cm³/mol. The predicted octanol–water partition coefficient (Wildman–Crippen LogP) is 4.12. The molecule has 0 saturated carbocycles. The Kier molecular flexibility index (Phi) is 5.34. The summed E-state index contributed by atoms with van der Waals surface area (Å²) in [6.07, 6.45) is 0. The van der Waals surface area contributed by atoms with Crippen LogP contribution >= 0.6 is 0 Å². The number of nitrogens with one attached hydrogen (secondary N) is 1. The minimum Gasteiger partial charge on any atom is -0.507 e. The molecule has 3 aromatic carbocycles. The van der Waals surface area contributed by atoms with Crippen molar-refractivity contribution in [3.63, 3.8) is 0 Å². The fraction of sp³-hybridized carbons (Fsp3) is 0.0417. The highest BCUT2D eigenvalue weighted by atomic mass is 16.5. The first kappa shape index (κ1) is 20.7. The summed E-state index contributed by atoms with van der Waals surface area (Å²) in [5.74, 6) is -1.93. The van der Waals surface area contributed by atoms with Crippen LogP contribution in [0.15, 0.2) is 75.9 Å². The van der Waals surface area contributed by atoms with Crippen molar-refractivity contribution < 1.29 is 29.0 Å². The Labute approximate surface area is 181 Å². The van der Waals surface area contributed by atoms with Gasteiger partial charge >= 0.3 is 5.97 Å². The maximum atomic E-state index is 12.8. The maximum Gasteiger partial charge on any atom is 0.371 e. The molecule has 0 aliphatic carbocycles. The van der Waals surface area contributed by atoms with Crippen molar-refractivity contribution in [2.75, 3.05) is 12.4 Å². The highest BCUT2D eigenvalue weighted by Crippen LogP contribution is 2.34. The third kappa shape index (κ3) is 3.89. The third-order valence-electron chi connectivity index (χ3n) is 4.85. The molecule has 1 amide bonds. The quantitative estimate of drug-likeness (QED) is 0.434. The van der Waals surface area contributed by atoms with E-state index in [0.717, 1.165) is 6.07 Å². The van der Waals surface area contributed by atoms with Crippen molar-refractivity contribution in [3.05, 3.63) is 88.3 Å². The summed E-state index contributed by atoms with van der Waals surface area (Å²) < 4.78 is 10.5. The largest absolute Gasteiger partial charge is 0.507 e. The normalized spacial score (nSPS) is 10.7. The number of aromatic hydroxyl groups is 1. The minimum atomic E-state index is -1.42. The molecule has 0 aliphatic rings. The molecular formula is C24H17NO7. The van der Waals surface area contributed by atoms with Crippen LogP contribution < -0.4 is 15.5 Å². The smallest absolute Gasteiger partial charge is 0.371 e. The fourth-order valence-corrected chi connectivity index (χ4v) is 3.27. The van der Waals surface area contributed by atoms with Gasteiger partial charge in [-0.1, -0.05) is 18.2 Å². The Hall–Kier alpha value is -4.59. The number of carboxylic acid groups (broad SMARTS) is 1. The fourth-order valence-electron chi connectivity index (χ4n) is 3.27. The summed E-state index contributed by atoms with van der Waals surface area (Å²) in [5.41, 5.74) is 0.578. The lowest BCUT2D eigenvalue weighted by molar-refractivity contribution is 0.0663. The van der Waals surface area contributed by atoms with Gasteiger partial charge in [-0.15, -0.1) is 0 Å². The number of carbonyl (C=O) groups is 2. The lowest BCUT2D eigenvalue weighted by atomic mass is 10.0. The number of amides is 1. The number of carbonyl (C=O) groups excluding carboxylic acids is 1. The van der Waals surface area contributed by atoms with Crippen molar-refractivity contribution >= 4 is 28.5 Å². The van der Waals surface area contributed by atoms with Gasteiger partial charge in [0.1, 0.15) is 11.5 Å². The number of phenolic OH excluding ortho intramolecular Hbond substituents is 1. The van der Waals surface area contributed by atoms with Crippen LogP contribution in [0.5, 0.6) is 11.5 Å². The molecule has 8 heteroatoms. The first-order valence-electron chi connectivity index (χ1n) is 9.46. The van der Waals surface area contributed by atoms with Gasteiger partial charge in [0.15, 0.2) is 11.0 Å². The van der Waals surface area contributed by atoms with E-state index in [2.05, 4.69) is 5.32 Å². The van der Waals surface area contributed by atoms with E-state index in [9.17, 15) is 24.6 Å². The van der Waals surface area contributed by atoms with Gasteiger partial charge in [0.25, 0.3) is 5.91 Å². The molecule has 160 valence electrons. The van der Waals surface area contributed by atoms with E-state index in [4.69, 9.17) is 9.15 Å². The topological polar surface area (TPSA) is 126 Å². The van der Waals surface area contributed by atoms with Crippen molar-refractivity contribution in [3.8, 4) is 22.6 Å². The van der Waals surface area contributed by atoms with Gasteiger partial charge in [-0.3, -0.25) is 9.59 Å². The van der Waals surface area contributed by atoms with Crippen LogP contribution in [0.1, 0.15) is 20.9 Å².